The van der Waals surface area contributed by atoms with Crippen molar-refractivity contribution >= 4 is 11.9 Å². The molecule has 16 heavy (non-hydrogen) atoms. The first-order valence-electron chi connectivity index (χ1n) is 5.02. The first-order chi connectivity index (χ1) is 7.58. The highest BCUT2D eigenvalue weighted by atomic mass is 16.4. The Morgan fingerprint density at radius 2 is 2.31 bits per heavy atom. The van der Waals surface area contributed by atoms with E-state index in [0.717, 1.165) is 6.42 Å². The van der Waals surface area contributed by atoms with E-state index in [4.69, 9.17) is 10.2 Å². The summed E-state index contributed by atoms with van der Waals surface area (Å²) in [5.41, 5.74) is 0.486. The van der Waals surface area contributed by atoms with E-state index in [9.17, 15) is 4.79 Å². The number of hydrogen-bond donors (Lipinski definition) is 3. The molecule has 3 N–H and O–H groups in total. The van der Waals surface area contributed by atoms with Crippen LogP contribution in [-0.4, -0.2) is 38.8 Å². The minimum Gasteiger partial charge on any atom is -0.478 e. The molecule has 0 saturated carbocycles. The standard InChI is InChI=1S/C10H15N3O3/c1-3-7(5-14)13-10-11-4-8(9(15)16)6(2)12-10/h4,7,14H,3,5H2,1-2H3,(H,15,16)(H,11,12,13). The fourth-order valence-corrected chi connectivity index (χ4v) is 1.21. The Kier molecular flexibility index (Phi) is 4.19. The zero-order valence-electron chi connectivity index (χ0n) is 9.27. The number of nitrogens with zero attached hydrogens (tertiary/aromatic N) is 2. The van der Waals surface area contributed by atoms with Crippen molar-refractivity contribution in [2.75, 3.05) is 11.9 Å². The quantitative estimate of drug-likeness (QED) is 0.681. The molecule has 0 spiro atoms. The van der Waals surface area contributed by atoms with E-state index in [2.05, 4.69) is 15.3 Å². The van der Waals surface area contributed by atoms with Gasteiger partial charge in [-0.15, -0.1) is 0 Å². The van der Waals surface area contributed by atoms with Crippen LogP contribution in [0.3, 0.4) is 0 Å². The van der Waals surface area contributed by atoms with Gasteiger partial charge in [-0.1, -0.05) is 6.92 Å². The molecule has 1 heterocycles. The van der Waals surface area contributed by atoms with Crippen molar-refractivity contribution in [2.24, 2.45) is 0 Å². The molecule has 0 aliphatic heterocycles. The van der Waals surface area contributed by atoms with E-state index >= 15 is 0 Å². The summed E-state index contributed by atoms with van der Waals surface area (Å²) in [6.07, 6.45) is 2.00. The number of aromatic nitrogens is 2. The molecule has 0 saturated heterocycles. The van der Waals surface area contributed by atoms with Crippen LogP contribution in [0.4, 0.5) is 5.95 Å². The topological polar surface area (TPSA) is 95.3 Å². The van der Waals surface area contributed by atoms with Gasteiger partial charge in [0.25, 0.3) is 0 Å². The van der Waals surface area contributed by atoms with Gasteiger partial charge < -0.3 is 15.5 Å². The lowest BCUT2D eigenvalue weighted by Gasteiger charge is -2.14. The van der Waals surface area contributed by atoms with Crippen LogP contribution in [0.1, 0.15) is 29.4 Å². The maximum absolute atomic E-state index is 10.7. The summed E-state index contributed by atoms with van der Waals surface area (Å²) in [5.74, 6) is -0.707. The van der Waals surface area contributed by atoms with Crippen LogP contribution in [0, 0.1) is 6.92 Å². The second kappa shape index (κ2) is 5.41. The molecule has 0 amide bonds. The summed E-state index contributed by atoms with van der Waals surface area (Å²) in [4.78, 5) is 18.6. The molecule has 0 aliphatic carbocycles. The van der Waals surface area contributed by atoms with Gasteiger partial charge in [-0.3, -0.25) is 0 Å². The first-order valence-corrected chi connectivity index (χ1v) is 5.02. The zero-order valence-corrected chi connectivity index (χ0v) is 9.27. The maximum Gasteiger partial charge on any atom is 0.339 e. The SMILES string of the molecule is CCC(CO)Nc1ncc(C(=O)O)c(C)n1. The molecule has 1 aromatic heterocycles. The Labute approximate surface area is 93.4 Å². The molecular formula is C10H15N3O3. The van der Waals surface area contributed by atoms with Gasteiger partial charge in [-0.05, 0) is 13.3 Å². The molecule has 6 nitrogen and oxygen atoms in total. The molecule has 1 rings (SSSR count). The Morgan fingerprint density at radius 3 is 2.75 bits per heavy atom. The molecule has 6 heteroatoms. The van der Waals surface area contributed by atoms with Crippen LogP contribution in [0.15, 0.2) is 6.20 Å². The van der Waals surface area contributed by atoms with E-state index in [-0.39, 0.29) is 18.2 Å². The molecule has 1 aromatic rings. The van der Waals surface area contributed by atoms with Gasteiger partial charge in [0.05, 0.1) is 23.9 Å². The molecule has 0 bridgehead atoms. The van der Waals surface area contributed by atoms with E-state index in [1.165, 1.54) is 6.20 Å². The van der Waals surface area contributed by atoms with Crippen LogP contribution < -0.4 is 5.32 Å². The number of carboxylic acid groups (broad SMARTS) is 1. The molecule has 0 aliphatic rings. The van der Waals surface area contributed by atoms with E-state index < -0.39 is 5.97 Å². The molecule has 0 aromatic carbocycles. The Balaban J connectivity index is 2.84. The van der Waals surface area contributed by atoms with Crippen LogP contribution in [0.2, 0.25) is 0 Å². The number of hydrogen-bond acceptors (Lipinski definition) is 5. The van der Waals surface area contributed by atoms with Crippen molar-refractivity contribution in [3.05, 3.63) is 17.5 Å². The second-order valence-corrected chi connectivity index (χ2v) is 3.43. The Hall–Kier alpha value is -1.69. The number of carboxylic acids is 1. The summed E-state index contributed by atoms with van der Waals surface area (Å²) in [5, 5.41) is 20.7. The predicted molar refractivity (Wildman–Crippen MR) is 58.5 cm³/mol. The summed E-state index contributed by atoms with van der Waals surface area (Å²) >= 11 is 0. The summed E-state index contributed by atoms with van der Waals surface area (Å²) in [6.45, 7) is 3.52. The van der Waals surface area contributed by atoms with Crippen molar-refractivity contribution in [3.8, 4) is 0 Å². The van der Waals surface area contributed by atoms with E-state index in [0.29, 0.717) is 11.6 Å². The first kappa shape index (κ1) is 12.4. The second-order valence-electron chi connectivity index (χ2n) is 3.43. The van der Waals surface area contributed by atoms with Gasteiger partial charge in [0.15, 0.2) is 0 Å². The van der Waals surface area contributed by atoms with Crippen LogP contribution >= 0.6 is 0 Å². The van der Waals surface area contributed by atoms with Crippen LogP contribution in [0.5, 0.6) is 0 Å². The van der Waals surface area contributed by atoms with Crippen molar-refractivity contribution in [2.45, 2.75) is 26.3 Å². The third-order valence-electron chi connectivity index (χ3n) is 2.26. The highest BCUT2D eigenvalue weighted by Gasteiger charge is 2.11. The highest BCUT2D eigenvalue weighted by Crippen LogP contribution is 2.08. The lowest BCUT2D eigenvalue weighted by molar-refractivity contribution is 0.0695. The lowest BCUT2D eigenvalue weighted by atomic mass is 10.2. The predicted octanol–water partition coefficient (Wildman–Crippen LogP) is 0.666. The number of aryl methyl sites for hydroxylation is 1. The molecule has 1 unspecified atom stereocenters. The van der Waals surface area contributed by atoms with Crippen molar-refractivity contribution in [3.63, 3.8) is 0 Å². The average Bonchev–Trinajstić information content (AvgIpc) is 2.25. The third-order valence-corrected chi connectivity index (χ3v) is 2.26. The monoisotopic (exact) mass is 225 g/mol. The fraction of sp³-hybridized carbons (Fsp3) is 0.500. The minimum atomic E-state index is -1.04. The Morgan fingerprint density at radius 1 is 1.62 bits per heavy atom. The van der Waals surface area contributed by atoms with Gasteiger partial charge in [0.2, 0.25) is 5.95 Å². The van der Waals surface area contributed by atoms with E-state index in [1.807, 2.05) is 6.92 Å². The van der Waals surface area contributed by atoms with E-state index in [1.54, 1.807) is 6.92 Å². The summed E-state index contributed by atoms with van der Waals surface area (Å²) in [7, 11) is 0. The van der Waals surface area contributed by atoms with Crippen molar-refractivity contribution in [1.29, 1.82) is 0 Å². The largest absolute Gasteiger partial charge is 0.478 e. The zero-order chi connectivity index (χ0) is 12.1. The van der Waals surface area contributed by atoms with Gasteiger partial charge >= 0.3 is 5.97 Å². The number of aliphatic hydroxyl groups excluding tert-OH is 1. The molecule has 0 fully saturated rings. The highest BCUT2D eigenvalue weighted by molar-refractivity contribution is 5.88. The van der Waals surface area contributed by atoms with Gasteiger partial charge in [0.1, 0.15) is 0 Å². The summed E-state index contributed by atoms with van der Waals surface area (Å²) < 4.78 is 0. The number of aliphatic hydroxyl groups is 1. The van der Waals surface area contributed by atoms with Gasteiger partial charge in [0, 0.05) is 6.20 Å². The normalized spacial score (nSPS) is 12.2. The van der Waals surface area contributed by atoms with Crippen molar-refractivity contribution in [1.82, 2.24) is 9.97 Å². The molecule has 0 radical (unpaired) electrons. The molecule has 1 atom stereocenters. The fourth-order valence-electron chi connectivity index (χ4n) is 1.21. The van der Waals surface area contributed by atoms with Crippen LogP contribution in [-0.2, 0) is 0 Å². The number of nitrogens with one attached hydrogen (secondary N) is 1. The lowest BCUT2D eigenvalue weighted by Crippen LogP contribution is -2.24. The van der Waals surface area contributed by atoms with Gasteiger partial charge in [-0.25, -0.2) is 14.8 Å². The number of rotatable bonds is 5. The number of carbonyl (C=O) groups is 1. The molecular weight excluding hydrogens is 210 g/mol. The third kappa shape index (κ3) is 2.90. The molecule has 88 valence electrons. The van der Waals surface area contributed by atoms with Gasteiger partial charge in [-0.2, -0.15) is 0 Å². The smallest absolute Gasteiger partial charge is 0.339 e. The number of aromatic carboxylic acids is 1. The van der Waals surface area contributed by atoms with Crippen molar-refractivity contribution < 1.29 is 15.0 Å². The Bertz CT molecular complexity index is 378. The maximum atomic E-state index is 10.7. The number of anilines is 1. The minimum absolute atomic E-state index is 0.0143. The van der Waals surface area contributed by atoms with Crippen LogP contribution in [0.25, 0.3) is 0 Å². The average molecular weight is 225 g/mol. The summed E-state index contributed by atoms with van der Waals surface area (Å²) in [6, 6.07) is -0.116.